The molecule has 8 nitrogen and oxygen atoms in total. The van der Waals surface area contributed by atoms with Crippen LogP contribution in [0, 0.1) is 22.7 Å². The summed E-state index contributed by atoms with van der Waals surface area (Å²) >= 11 is 1.16. The first-order valence-electron chi connectivity index (χ1n) is 11.0. The number of rotatable bonds is 9. The summed E-state index contributed by atoms with van der Waals surface area (Å²) in [6.45, 7) is 4.27. The number of hydrogen-bond donors (Lipinski definition) is 2. The molecule has 172 valence electrons. The molecule has 1 fully saturated rings. The molecule has 4 N–H and O–H groups in total. The maximum Gasteiger partial charge on any atom is 0.235 e. The van der Waals surface area contributed by atoms with E-state index in [9.17, 15) is 15.3 Å². The average Bonchev–Trinajstić information content (AvgIpc) is 2.85. The standard InChI is InChI=1S/C24H28N6O2S/c1-2-18-19(14-26)23(30-11-8-17(9-12-30)32-13-10-25)29-24(20(18)15-27)33-21(22(28)31)16-6-4-3-5-7-16/h3-7,17,21H,2,8-13,25H2,1H3,(H2,28,31). The number of nitriles is 2. The lowest BCUT2D eigenvalue weighted by Gasteiger charge is -2.34. The van der Waals surface area contributed by atoms with Crippen LogP contribution in [0.5, 0.6) is 0 Å². The highest BCUT2D eigenvalue weighted by Gasteiger charge is 2.29. The van der Waals surface area contributed by atoms with Crippen LogP contribution in [-0.4, -0.2) is 43.2 Å². The van der Waals surface area contributed by atoms with Crippen LogP contribution in [0.3, 0.4) is 0 Å². The van der Waals surface area contributed by atoms with E-state index in [2.05, 4.69) is 17.0 Å². The van der Waals surface area contributed by atoms with Gasteiger partial charge in [0, 0.05) is 19.6 Å². The molecule has 2 heterocycles. The van der Waals surface area contributed by atoms with Gasteiger partial charge in [-0.15, -0.1) is 0 Å². The Bertz CT molecular complexity index is 1060. The molecule has 0 bridgehead atoms. The maximum atomic E-state index is 12.3. The van der Waals surface area contributed by atoms with Gasteiger partial charge in [-0.05, 0) is 30.4 Å². The number of pyridine rings is 1. The van der Waals surface area contributed by atoms with E-state index in [-0.39, 0.29) is 6.10 Å². The van der Waals surface area contributed by atoms with Crippen molar-refractivity contribution in [3.05, 3.63) is 52.6 Å². The first-order valence-corrected chi connectivity index (χ1v) is 11.9. The Balaban J connectivity index is 2.00. The molecular weight excluding hydrogens is 436 g/mol. The fourth-order valence-corrected chi connectivity index (χ4v) is 5.05. The number of nitrogens with two attached hydrogens (primary N) is 2. The predicted octanol–water partition coefficient (Wildman–Crippen LogP) is 2.65. The number of anilines is 1. The number of piperidine rings is 1. The molecule has 1 aromatic carbocycles. The number of primary amides is 1. The van der Waals surface area contributed by atoms with Crippen molar-refractivity contribution >= 4 is 23.5 Å². The van der Waals surface area contributed by atoms with E-state index in [1.807, 2.05) is 37.3 Å². The minimum absolute atomic E-state index is 0.130. The number of amides is 1. The largest absolute Gasteiger partial charge is 0.377 e. The summed E-state index contributed by atoms with van der Waals surface area (Å²) in [6.07, 6.45) is 2.22. The predicted molar refractivity (Wildman–Crippen MR) is 128 cm³/mol. The lowest BCUT2D eigenvalue weighted by molar-refractivity contribution is -0.117. The Hall–Kier alpha value is -3.11. The fraction of sp³-hybridized carbons (Fsp3) is 0.417. The zero-order valence-corrected chi connectivity index (χ0v) is 19.5. The van der Waals surface area contributed by atoms with Gasteiger partial charge >= 0.3 is 0 Å². The van der Waals surface area contributed by atoms with Crippen LogP contribution in [0.25, 0.3) is 0 Å². The van der Waals surface area contributed by atoms with Crippen LogP contribution in [0.2, 0.25) is 0 Å². The van der Waals surface area contributed by atoms with Gasteiger partial charge in [0.05, 0.1) is 23.8 Å². The Morgan fingerprint density at radius 3 is 2.45 bits per heavy atom. The van der Waals surface area contributed by atoms with Crippen molar-refractivity contribution in [1.82, 2.24) is 4.98 Å². The number of thioether (sulfide) groups is 1. The number of aromatic nitrogens is 1. The summed E-state index contributed by atoms with van der Waals surface area (Å²) < 4.78 is 5.77. The molecule has 1 aliphatic heterocycles. The van der Waals surface area contributed by atoms with Gasteiger partial charge in [0.2, 0.25) is 5.91 Å². The number of hydrogen-bond acceptors (Lipinski definition) is 8. The summed E-state index contributed by atoms with van der Waals surface area (Å²) in [4.78, 5) is 19.1. The highest BCUT2D eigenvalue weighted by atomic mass is 32.2. The lowest BCUT2D eigenvalue weighted by Crippen LogP contribution is -2.38. The minimum Gasteiger partial charge on any atom is -0.377 e. The van der Waals surface area contributed by atoms with E-state index in [1.165, 1.54) is 0 Å². The smallest absolute Gasteiger partial charge is 0.235 e. The van der Waals surface area contributed by atoms with E-state index in [0.717, 1.165) is 30.2 Å². The fourth-order valence-electron chi connectivity index (χ4n) is 4.00. The average molecular weight is 465 g/mol. The molecule has 1 aliphatic rings. The molecule has 33 heavy (non-hydrogen) atoms. The van der Waals surface area contributed by atoms with Gasteiger partial charge in [0.25, 0.3) is 0 Å². The molecule has 3 rings (SSSR count). The topological polar surface area (TPSA) is 142 Å². The second-order valence-corrected chi connectivity index (χ2v) is 8.80. The zero-order chi connectivity index (χ0) is 23.8. The number of benzene rings is 1. The van der Waals surface area contributed by atoms with Crippen LogP contribution in [0.15, 0.2) is 35.4 Å². The van der Waals surface area contributed by atoms with Crippen molar-refractivity contribution in [2.75, 3.05) is 31.1 Å². The monoisotopic (exact) mass is 464 g/mol. The third kappa shape index (κ3) is 5.63. The van der Waals surface area contributed by atoms with E-state index in [0.29, 0.717) is 60.2 Å². The zero-order valence-electron chi connectivity index (χ0n) is 18.7. The van der Waals surface area contributed by atoms with Crippen molar-refractivity contribution in [3.63, 3.8) is 0 Å². The number of carbonyl (C=O) groups excluding carboxylic acids is 1. The molecule has 9 heteroatoms. The Morgan fingerprint density at radius 1 is 1.24 bits per heavy atom. The van der Waals surface area contributed by atoms with Crippen molar-refractivity contribution < 1.29 is 9.53 Å². The Labute approximate surface area is 198 Å². The molecule has 1 atom stereocenters. The summed E-state index contributed by atoms with van der Waals surface area (Å²) in [7, 11) is 0. The van der Waals surface area contributed by atoms with Crippen molar-refractivity contribution in [1.29, 1.82) is 10.5 Å². The molecule has 1 aromatic heterocycles. The normalized spacial score (nSPS) is 15.0. The molecule has 0 radical (unpaired) electrons. The van der Waals surface area contributed by atoms with Crippen LogP contribution in [0.4, 0.5) is 5.82 Å². The summed E-state index contributed by atoms with van der Waals surface area (Å²) in [5.74, 6) is 0.0307. The van der Waals surface area contributed by atoms with E-state index >= 15 is 0 Å². The van der Waals surface area contributed by atoms with Gasteiger partial charge in [0.15, 0.2) is 0 Å². The summed E-state index contributed by atoms with van der Waals surface area (Å²) in [5, 5.41) is 19.6. The first kappa shape index (κ1) is 24.5. The Kier molecular flexibility index (Phi) is 8.67. The molecule has 0 spiro atoms. The van der Waals surface area contributed by atoms with Gasteiger partial charge in [-0.25, -0.2) is 4.98 Å². The number of ether oxygens (including phenoxy) is 1. The summed E-state index contributed by atoms with van der Waals surface area (Å²) in [5.41, 5.74) is 13.4. The van der Waals surface area contributed by atoms with Gasteiger partial charge in [0.1, 0.15) is 28.2 Å². The molecule has 0 aliphatic carbocycles. The van der Waals surface area contributed by atoms with E-state index in [1.54, 1.807) is 0 Å². The van der Waals surface area contributed by atoms with Gasteiger partial charge in [-0.1, -0.05) is 49.0 Å². The SMILES string of the molecule is CCc1c(C#N)c(SC(C(N)=O)c2ccccc2)nc(N2CCC(OCCN)CC2)c1C#N. The Morgan fingerprint density at radius 2 is 1.91 bits per heavy atom. The minimum atomic E-state index is -0.702. The molecule has 1 saturated heterocycles. The lowest BCUT2D eigenvalue weighted by atomic mass is 10.0. The van der Waals surface area contributed by atoms with E-state index < -0.39 is 11.2 Å². The highest BCUT2D eigenvalue weighted by molar-refractivity contribution is 8.00. The van der Waals surface area contributed by atoms with Gasteiger partial charge in [-0.3, -0.25) is 4.79 Å². The van der Waals surface area contributed by atoms with E-state index in [4.69, 9.17) is 21.2 Å². The second kappa shape index (κ2) is 11.7. The van der Waals surface area contributed by atoms with Crippen LogP contribution in [-0.2, 0) is 16.0 Å². The van der Waals surface area contributed by atoms with Crippen LogP contribution in [0.1, 0.15) is 47.3 Å². The molecule has 1 amide bonds. The third-order valence-electron chi connectivity index (χ3n) is 5.63. The first-order chi connectivity index (χ1) is 16.0. The molecule has 1 unspecified atom stereocenters. The van der Waals surface area contributed by atoms with Crippen LogP contribution >= 0.6 is 11.8 Å². The maximum absolute atomic E-state index is 12.3. The third-order valence-corrected chi connectivity index (χ3v) is 6.89. The number of nitrogens with zero attached hydrogens (tertiary/aromatic N) is 4. The van der Waals surface area contributed by atoms with Crippen molar-refractivity contribution in [2.24, 2.45) is 11.5 Å². The second-order valence-electron chi connectivity index (χ2n) is 7.70. The van der Waals surface area contributed by atoms with Crippen LogP contribution < -0.4 is 16.4 Å². The summed E-state index contributed by atoms with van der Waals surface area (Å²) in [6, 6.07) is 13.7. The van der Waals surface area contributed by atoms with Gasteiger partial charge < -0.3 is 21.1 Å². The quantitative estimate of drug-likeness (QED) is 0.539. The number of carbonyl (C=O) groups is 1. The molecule has 2 aromatic rings. The van der Waals surface area contributed by atoms with Gasteiger partial charge in [-0.2, -0.15) is 10.5 Å². The molecular formula is C24H28N6O2S. The van der Waals surface area contributed by atoms with Crippen molar-refractivity contribution in [3.8, 4) is 12.1 Å². The van der Waals surface area contributed by atoms with Crippen molar-refractivity contribution in [2.45, 2.75) is 42.6 Å². The molecule has 0 saturated carbocycles. The highest BCUT2D eigenvalue weighted by Crippen LogP contribution is 2.39.